The Bertz CT molecular complexity index is 761. The van der Waals surface area contributed by atoms with E-state index in [2.05, 4.69) is 12.2 Å². The van der Waals surface area contributed by atoms with Gasteiger partial charge in [-0.25, -0.2) is 16.8 Å². The van der Waals surface area contributed by atoms with Gasteiger partial charge in [0, 0.05) is 19.1 Å². The highest BCUT2D eigenvalue weighted by molar-refractivity contribution is 7.91. The molecule has 1 aromatic rings. The zero-order chi connectivity index (χ0) is 16.6. The minimum atomic E-state index is -3.51. The highest BCUT2D eigenvalue weighted by atomic mass is 32.2. The summed E-state index contributed by atoms with van der Waals surface area (Å²) in [7, 11) is -6.95. The second-order valence-electron chi connectivity index (χ2n) is 6.57. The van der Waals surface area contributed by atoms with Gasteiger partial charge in [0.05, 0.1) is 15.5 Å². The summed E-state index contributed by atoms with van der Waals surface area (Å²) in [6.07, 6.45) is 6.80. The van der Waals surface area contributed by atoms with Crippen LogP contribution in [0.4, 0.5) is 5.69 Å². The van der Waals surface area contributed by atoms with E-state index in [1.54, 1.807) is 6.07 Å². The van der Waals surface area contributed by atoms with E-state index in [9.17, 15) is 16.8 Å². The zero-order valence-corrected chi connectivity index (χ0v) is 14.9. The Labute approximate surface area is 133 Å². The summed E-state index contributed by atoms with van der Waals surface area (Å²) < 4.78 is 47.2. The minimum absolute atomic E-state index is 0.0190. The molecule has 0 heterocycles. The fourth-order valence-electron chi connectivity index (χ4n) is 2.90. The van der Waals surface area contributed by atoms with Crippen molar-refractivity contribution in [3.05, 3.63) is 18.2 Å². The second-order valence-corrected chi connectivity index (χ2v) is 10.6. The number of anilines is 1. The Morgan fingerprint density at radius 2 is 1.64 bits per heavy atom. The van der Waals surface area contributed by atoms with Gasteiger partial charge in [0.2, 0.25) is 0 Å². The van der Waals surface area contributed by atoms with E-state index in [-0.39, 0.29) is 15.2 Å². The zero-order valence-electron chi connectivity index (χ0n) is 13.2. The summed E-state index contributed by atoms with van der Waals surface area (Å²) >= 11 is 0. The summed E-state index contributed by atoms with van der Waals surface area (Å²) in [4.78, 5) is 0.0579. The molecule has 0 spiro atoms. The fraction of sp³-hybridized carbons (Fsp3) is 0.600. The summed E-state index contributed by atoms with van der Waals surface area (Å²) in [6, 6.07) is 4.23. The van der Waals surface area contributed by atoms with Crippen molar-refractivity contribution in [3.63, 3.8) is 0 Å². The minimum Gasteiger partial charge on any atom is -0.383 e. The van der Waals surface area contributed by atoms with Crippen molar-refractivity contribution in [2.24, 2.45) is 5.41 Å². The Morgan fingerprint density at radius 3 is 2.14 bits per heavy atom. The molecule has 5 nitrogen and oxygen atoms in total. The molecule has 1 N–H and O–H groups in total. The van der Waals surface area contributed by atoms with Crippen LogP contribution in [-0.4, -0.2) is 35.9 Å². The lowest BCUT2D eigenvalue weighted by Crippen LogP contribution is -2.23. The van der Waals surface area contributed by atoms with Crippen LogP contribution in [0.1, 0.15) is 32.6 Å². The van der Waals surface area contributed by atoms with Gasteiger partial charge in [0.25, 0.3) is 0 Å². The lowest BCUT2D eigenvalue weighted by atomic mass is 9.89. The molecular formula is C15H23NO4S2. The largest absolute Gasteiger partial charge is 0.383 e. The van der Waals surface area contributed by atoms with Gasteiger partial charge >= 0.3 is 0 Å². The van der Waals surface area contributed by atoms with Crippen LogP contribution in [0.3, 0.4) is 0 Å². The summed E-state index contributed by atoms with van der Waals surface area (Å²) in [6.45, 7) is 2.88. The number of hydrogen-bond donors (Lipinski definition) is 1. The van der Waals surface area contributed by atoms with Crippen molar-refractivity contribution in [2.75, 3.05) is 24.4 Å². The van der Waals surface area contributed by atoms with Crippen molar-refractivity contribution in [2.45, 2.75) is 42.4 Å². The van der Waals surface area contributed by atoms with Gasteiger partial charge in [-0.2, -0.15) is 0 Å². The maximum atomic E-state index is 12.0. The lowest BCUT2D eigenvalue weighted by Gasteiger charge is -2.25. The van der Waals surface area contributed by atoms with Crippen molar-refractivity contribution >= 4 is 25.4 Å². The monoisotopic (exact) mass is 345 g/mol. The van der Waals surface area contributed by atoms with Crippen LogP contribution in [0.25, 0.3) is 0 Å². The van der Waals surface area contributed by atoms with Crippen LogP contribution < -0.4 is 5.32 Å². The van der Waals surface area contributed by atoms with Crippen LogP contribution in [0.5, 0.6) is 0 Å². The molecular weight excluding hydrogens is 322 g/mol. The molecule has 1 aromatic carbocycles. The average Bonchev–Trinajstić information content (AvgIpc) is 2.81. The predicted molar refractivity (Wildman–Crippen MR) is 87.7 cm³/mol. The first-order chi connectivity index (χ1) is 10.0. The van der Waals surface area contributed by atoms with Gasteiger partial charge in [-0.1, -0.05) is 19.8 Å². The highest BCUT2D eigenvalue weighted by Crippen LogP contribution is 2.38. The quantitative estimate of drug-likeness (QED) is 0.887. The molecule has 0 aliphatic heterocycles. The van der Waals surface area contributed by atoms with E-state index < -0.39 is 19.7 Å². The Morgan fingerprint density at radius 1 is 1.05 bits per heavy atom. The van der Waals surface area contributed by atoms with Crippen molar-refractivity contribution in [1.29, 1.82) is 0 Å². The van der Waals surface area contributed by atoms with Crippen LogP contribution >= 0.6 is 0 Å². The third-order valence-corrected chi connectivity index (χ3v) is 6.54. The average molecular weight is 345 g/mol. The number of hydrogen-bond acceptors (Lipinski definition) is 5. The molecule has 0 bridgehead atoms. The van der Waals surface area contributed by atoms with Gasteiger partial charge in [0.1, 0.15) is 0 Å². The maximum Gasteiger partial charge on any atom is 0.177 e. The molecule has 0 radical (unpaired) electrons. The number of benzene rings is 1. The van der Waals surface area contributed by atoms with Crippen molar-refractivity contribution in [3.8, 4) is 0 Å². The first-order valence-corrected chi connectivity index (χ1v) is 11.1. The fourth-order valence-corrected chi connectivity index (χ4v) is 4.50. The Kier molecular flexibility index (Phi) is 4.59. The third-order valence-electron chi connectivity index (χ3n) is 4.30. The van der Waals surface area contributed by atoms with Gasteiger partial charge < -0.3 is 5.32 Å². The van der Waals surface area contributed by atoms with Gasteiger partial charge in [-0.15, -0.1) is 0 Å². The second kappa shape index (κ2) is 5.85. The molecule has 0 atom stereocenters. The van der Waals surface area contributed by atoms with Crippen LogP contribution in [0.2, 0.25) is 0 Å². The summed E-state index contributed by atoms with van der Waals surface area (Å²) in [5, 5.41) is 3.21. The van der Waals surface area contributed by atoms with E-state index in [0.29, 0.717) is 12.2 Å². The molecule has 1 aliphatic carbocycles. The first kappa shape index (κ1) is 17.3. The molecule has 7 heteroatoms. The molecule has 0 amide bonds. The van der Waals surface area contributed by atoms with Gasteiger partial charge in [0.15, 0.2) is 19.7 Å². The molecule has 0 aromatic heterocycles. The van der Waals surface area contributed by atoms with E-state index in [0.717, 1.165) is 25.4 Å². The van der Waals surface area contributed by atoms with Crippen molar-refractivity contribution < 1.29 is 16.8 Å². The van der Waals surface area contributed by atoms with E-state index in [1.807, 2.05) is 0 Å². The molecule has 2 rings (SSSR count). The molecule has 0 unspecified atom stereocenters. The third kappa shape index (κ3) is 4.01. The topological polar surface area (TPSA) is 80.3 Å². The SMILES string of the molecule is CC1(CNc2ccc(S(C)(=O)=O)cc2S(C)(=O)=O)CCCC1. The standard InChI is InChI=1S/C15H23NO4S2/c1-15(8-4-5-9-15)11-16-13-7-6-12(21(2,17)18)10-14(13)22(3,19)20/h6-7,10,16H,4-5,8-9,11H2,1-3H3. The predicted octanol–water partition coefficient (Wildman–Crippen LogP) is 2.49. The first-order valence-electron chi connectivity index (χ1n) is 7.29. The van der Waals surface area contributed by atoms with E-state index in [1.165, 1.54) is 25.0 Å². The van der Waals surface area contributed by atoms with Crippen LogP contribution in [0, 0.1) is 5.41 Å². The molecule has 1 saturated carbocycles. The lowest BCUT2D eigenvalue weighted by molar-refractivity contribution is 0.361. The molecule has 1 aliphatic rings. The van der Waals surface area contributed by atoms with E-state index in [4.69, 9.17) is 0 Å². The van der Waals surface area contributed by atoms with Gasteiger partial charge in [-0.3, -0.25) is 0 Å². The normalized spacial score (nSPS) is 18.3. The van der Waals surface area contributed by atoms with Crippen LogP contribution in [0.15, 0.2) is 28.0 Å². The Hall–Kier alpha value is -1.08. The molecule has 0 saturated heterocycles. The summed E-state index contributed by atoms with van der Waals surface area (Å²) in [5.41, 5.74) is 0.646. The van der Waals surface area contributed by atoms with Crippen LogP contribution in [-0.2, 0) is 19.7 Å². The smallest absolute Gasteiger partial charge is 0.177 e. The van der Waals surface area contributed by atoms with Gasteiger partial charge in [-0.05, 0) is 36.5 Å². The Balaban J connectivity index is 2.35. The van der Waals surface area contributed by atoms with Crippen molar-refractivity contribution in [1.82, 2.24) is 0 Å². The molecule has 1 fully saturated rings. The number of sulfone groups is 2. The molecule has 124 valence electrons. The maximum absolute atomic E-state index is 12.0. The molecule has 22 heavy (non-hydrogen) atoms. The highest BCUT2D eigenvalue weighted by Gasteiger charge is 2.29. The summed E-state index contributed by atoms with van der Waals surface area (Å²) in [5.74, 6) is 0. The van der Waals surface area contributed by atoms with E-state index >= 15 is 0 Å². The number of rotatable bonds is 5. The number of nitrogens with one attached hydrogen (secondary N) is 1.